The smallest absolute Gasteiger partial charge is 0.335 e. The molecule has 2 aromatic carbocycles. The van der Waals surface area contributed by atoms with E-state index in [4.69, 9.17) is 5.11 Å². The lowest BCUT2D eigenvalue weighted by Crippen LogP contribution is -2.14. The number of anilines is 1. The maximum absolute atomic E-state index is 12.1. The van der Waals surface area contributed by atoms with Crippen LogP contribution in [0.1, 0.15) is 28.8 Å². The molecule has 1 fully saturated rings. The van der Waals surface area contributed by atoms with Gasteiger partial charge in [-0.1, -0.05) is 30.3 Å². The third-order valence-corrected chi connectivity index (χ3v) is 3.91. The van der Waals surface area contributed by atoms with Crippen LogP contribution < -0.4 is 5.32 Å². The number of carboxylic acids is 1. The van der Waals surface area contributed by atoms with Crippen LogP contribution in [0.2, 0.25) is 0 Å². The summed E-state index contributed by atoms with van der Waals surface area (Å²) in [6.07, 6.45) is 1.81. The highest BCUT2D eigenvalue weighted by Gasteiger charge is 2.30. The molecule has 0 saturated heterocycles. The topological polar surface area (TPSA) is 66.4 Å². The average Bonchev–Trinajstić information content (AvgIpc) is 3.32. The Hall–Kier alpha value is -2.62. The number of carboxylic acid groups (broad SMARTS) is 1. The first kappa shape index (κ1) is 14.3. The Balaban J connectivity index is 2.06. The maximum Gasteiger partial charge on any atom is 0.335 e. The number of carbonyl (C=O) groups is 2. The zero-order valence-corrected chi connectivity index (χ0v) is 12.3. The molecule has 4 nitrogen and oxygen atoms in total. The second-order valence-electron chi connectivity index (χ2n) is 5.64. The van der Waals surface area contributed by atoms with E-state index in [-0.39, 0.29) is 17.4 Å². The lowest BCUT2D eigenvalue weighted by molar-refractivity contribution is -0.117. The van der Waals surface area contributed by atoms with E-state index in [1.807, 2.05) is 31.2 Å². The summed E-state index contributed by atoms with van der Waals surface area (Å²) in [5.74, 6) is -0.964. The Bertz CT molecular complexity index is 748. The SMILES string of the molecule is Cc1ccccc1-c1ccc(C(=O)O)cc1NC(=O)C1CC1. The number of hydrogen-bond donors (Lipinski definition) is 2. The molecule has 1 amide bonds. The minimum absolute atomic E-state index is 0.0302. The predicted molar refractivity (Wildman–Crippen MR) is 84.9 cm³/mol. The molecule has 0 aliphatic heterocycles. The number of rotatable bonds is 4. The van der Waals surface area contributed by atoms with Crippen molar-refractivity contribution in [2.45, 2.75) is 19.8 Å². The van der Waals surface area contributed by atoms with Gasteiger partial charge in [0.15, 0.2) is 0 Å². The molecule has 0 unspecified atom stereocenters. The van der Waals surface area contributed by atoms with Gasteiger partial charge in [-0.2, -0.15) is 0 Å². The number of hydrogen-bond acceptors (Lipinski definition) is 2. The standard InChI is InChI=1S/C18H17NO3/c1-11-4-2-3-5-14(11)15-9-8-13(18(21)22)10-16(15)19-17(20)12-6-7-12/h2-5,8-10,12H,6-7H2,1H3,(H,19,20)(H,21,22). The Kier molecular flexibility index (Phi) is 3.67. The molecule has 0 bridgehead atoms. The van der Waals surface area contributed by atoms with Crippen molar-refractivity contribution >= 4 is 17.6 Å². The van der Waals surface area contributed by atoms with E-state index in [0.717, 1.165) is 29.5 Å². The van der Waals surface area contributed by atoms with Crippen LogP contribution in [0.25, 0.3) is 11.1 Å². The van der Waals surface area contributed by atoms with Gasteiger partial charge in [0.25, 0.3) is 0 Å². The second kappa shape index (κ2) is 5.64. The fourth-order valence-corrected chi connectivity index (χ4v) is 2.47. The van der Waals surface area contributed by atoms with Crippen LogP contribution in [0.5, 0.6) is 0 Å². The van der Waals surface area contributed by atoms with Gasteiger partial charge >= 0.3 is 5.97 Å². The van der Waals surface area contributed by atoms with E-state index in [1.54, 1.807) is 12.1 Å². The molecule has 1 aliphatic rings. The molecular weight excluding hydrogens is 278 g/mol. The van der Waals surface area contributed by atoms with Gasteiger partial charge < -0.3 is 10.4 Å². The van der Waals surface area contributed by atoms with Gasteiger partial charge in [0.1, 0.15) is 0 Å². The molecule has 4 heteroatoms. The first-order chi connectivity index (χ1) is 10.6. The number of amides is 1. The number of nitrogens with one attached hydrogen (secondary N) is 1. The molecule has 22 heavy (non-hydrogen) atoms. The number of benzene rings is 2. The van der Waals surface area contributed by atoms with E-state index in [9.17, 15) is 9.59 Å². The first-order valence-corrected chi connectivity index (χ1v) is 7.30. The number of aryl methyl sites for hydroxylation is 1. The average molecular weight is 295 g/mol. The van der Waals surface area contributed by atoms with Crippen molar-refractivity contribution in [3.05, 3.63) is 53.6 Å². The molecule has 3 rings (SSSR count). The van der Waals surface area contributed by atoms with Crippen molar-refractivity contribution in [2.24, 2.45) is 5.92 Å². The van der Waals surface area contributed by atoms with Crippen molar-refractivity contribution in [1.29, 1.82) is 0 Å². The van der Waals surface area contributed by atoms with Crippen LogP contribution in [-0.4, -0.2) is 17.0 Å². The van der Waals surface area contributed by atoms with E-state index in [2.05, 4.69) is 5.32 Å². The third-order valence-electron chi connectivity index (χ3n) is 3.91. The maximum atomic E-state index is 12.1. The molecule has 0 radical (unpaired) electrons. The highest BCUT2D eigenvalue weighted by molar-refractivity contribution is 6.00. The van der Waals surface area contributed by atoms with E-state index in [1.165, 1.54) is 6.07 Å². The molecule has 0 heterocycles. The Morgan fingerprint density at radius 1 is 1.09 bits per heavy atom. The molecule has 1 saturated carbocycles. The normalized spacial score (nSPS) is 13.7. The molecule has 0 aromatic heterocycles. The van der Waals surface area contributed by atoms with Crippen molar-refractivity contribution in [3.8, 4) is 11.1 Å². The summed E-state index contributed by atoms with van der Waals surface area (Å²) < 4.78 is 0. The van der Waals surface area contributed by atoms with Gasteiger partial charge in [-0.3, -0.25) is 4.79 Å². The van der Waals surface area contributed by atoms with E-state index < -0.39 is 5.97 Å². The minimum Gasteiger partial charge on any atom is -0.478 e. The summed E-state index contributed by atoms with van der Waals surface area (Å²) in [6, 6.07) is 12.7. The molecule has 112 valence electrons. The summed E-state index contributed by atoms with van der Waals surface area (Å²) >= 11 is 0. The van der Waals surface area contributed by atoms with Crippen molar-refractivity contribution in [2.75, 3.05) is 5.32 Å². The Labute approximate surface area is 128 Å². The quantitative estimate of drug-likeness (QED) is 0.903. The monoisotopic (exact) mass is 295 g/mol. The molecular formula is C18H17NO3. The molecule has 0 spiro atoms. The van der Waals surface area contributed by atoms with E-state index in [0.29, 0.717) is 5.69 Å². The van der Waals surface area contributed by atoms with Crippen molar-refractivity contribution < 1.29 is 14.7 Å². The molecule has 0 atom stereocenters. The Morgan fingerprint density at radius 3 is 2.45 bits per heavy atom. The van der Waals surface area contributed by atoms with Gasteiger partial charge in [-0.25, -0.2) is 4.79 Å². The third kappa shape index (κ3) is 2.86. The van der Waals surface area contributed by atoms with Gasteiger partial charge in [-0.05, 0) is 43.0 Å². The Morgan fingerprint density at radius 2 is 1.82 bits per heavy atom. The van der Waals surface area contributed by atoms with Crippen LogP contribution in [0.15, 0.2) is 42.5 Å². The van der Waals surface area contributed by atoms with Crippen molar-refractivity contribution in [1.82, 2.24) is 0 Å². The van der Waals surface area contributed by atoms with Crippen LogP contribution >= 0.6 is 0 Å². The summed E-state index contributed by atoms with van der Waals surface area (Å²) in [4.78, 5) is 23.3. The molecule has 1 aliphatic carbocycles. The lowest BCUT2D eigenvalue weighted by atomic mass is 9.97. The second-order valence-corrected chi connectivity index (χ2v) is 5.64. The minimum atomic E-state index is -1.00. The number of carbonyl (C=O) groups excluding carboxylic acids is 1. The molecule has 2 aromatic rings. The first-order valence-electron chi connectivity index (χ1n) is 7.30. The van der Waals surface area contributed by atoms with E-state index >= 15 is 0 Å². The highest BCUT2D eigenvalue weighted by Crippen LogP contribution is 2.34. The fourth-order valence-electron chi connectivity index (χ4n) is 2.47. The van der Waals surface area contributed by atoms with Gasteiger partial charge in [-0.15, -0.1) is 0 Å². The summed E-state index contributed by atoms with van der Waals surface area (Å²) in [7, 11) is 0. The van der Waals surface area contributed by atoms with Crippen LogP contribution in [0.4, 0.5) is 5.69 Å². The van der Waals surface area contributed by atoms with Gasteiger partial charge in [0.05, 0.1) is 5.56 Å². The predicted octanol–water partition coefficient (Wildman–Crippen LogP) is 3.71. The summed E-state index contributed by atoms with van der Waals surface area (Å²) in [5.41, 5.74) is 3.64. The largest absolute Gasteiger partial charge is 0.478 e. The van der Waals surface area contributed by atoms with Crippen LogP contribution in [0.3, 0.4) is 0 Å². The fraction of sp³-hybridized carbons (Fsp3) is 0.222. The summed E-state index contributed by atoms with van der Waals surface area (Å²) in [5, 5.41) is 12.1. The number of aromatic carboxylic acids is 1. The van der Waals surface area contributed by atoms with Crippen LogP contribution in [-0.2, 0) is 4.79 Å². The zero-order chi connectivity index (χ0) is 15.7. The summed E-state index contributed by atoms with van der Waals surface area (Å²) in [6.45, 7) is 1.99. The van der Waals surface area contributed by atoms with Gasteiger partial charge in [0, 0.05) is 17.2 Å². The van der Waals surface area contributed by atoms with Gasteiger partial charge in [0.2, 0.25) is 5.91 Å². The molecule has 2 N–H and O–H groups in total. The lowest BCUT2D eigenvalue weighted by Gasteiger charge is -2.14. The zero-order valence-electron chi connectivity index (χ0n) is 12.3. The van der Waals surface area contributed by atoms with Crippen molar-refractivity contribution in [3.63, 3.8) is 0 Å². The highest BCUT2D eigenvalue weighted by atomic mass is 16.4. The van der Waals surface area contributed by atoms with Crippen LogP contribution in [0, 0.1) is 12.8 Å².